The summed E-state index contributed by atoms with van der Waals surface area (Å²) < 4.78 is 0. The monoisotopic (exact) mass is 283 g/mol. The Morgan fingerprint density at radius 3 is 2.14 bits per heavy atom. The van der Waals surface area contributed by atoms with E-state index in [-0.39, 0.29) is 12.5 Å². The van der Waals surface area contributed by atoms with E-state index < -0.39 is 0 Å². The molecule has 0 aliphatic rings. The van der Waals surface area contributed by atoms with Gasteiger partial charge < -0.3 is 10.4 Å². The molecule has 0 aliphatic carbocycles. The molecule has 0 aromatic heterocycles. The summed E-state index contributed by atoms with van der Waals surface area (Å²) in [5, 5.41) is 11.8. The van der Waals surface area contributed by atoms with Gasteiger partial charge in [-0.15, -0.1) is 0 Å². The van der Waals surface area contributed by atoms with Crippen molar-refractivity contribution >= 4 is 11.6 Å². The molecule has 0 bridgehead atoms. The zero-order valence-electron chi connectivity index (χ0n) is 12.7. The molecule has 0 radical (unpaired) electrons. The molecule has 0 unspecified atom stereocenters. The minimum atomic E-state index is -0.0834. The molecule has 0 saturated carbocycles. The summed E-state index contributed by atoms with van der Waals surface area (Å²) in [5.41, 5.74) is 5.69. The van der Waals surface area contributed by atoms with Crippen LogP contribution in [0.2, 0.25) is 0 Å². The van der Waals surface area contributed by atoms with Crippen LogP contribution in [-0.4, -0.2) is 17.6 Å². The Morgan fingerprint density at radius 1 is 1.05 bits per heavy atom. The Labute approximate surface area is 125 Å². The number of aliphatic hydroxyl groups excluding tert-OH is 1. The Bertz CT molecular complexity index is 622. The first-order chi connectivity index (χ1) is 10.0. The first kappa shape index (κ1) is 15.3. The van der Waals surface area contributed by atoms with Crippen molar-refractivity contribution < 1.29 is 9.90 Å². The van der Waals surface area contributed by atoms with Crippen molar-refractivity contribution in [1.82, 2.24) is 0 Å². The van der Waals surface area contributed by atoms with Gasteiger partial charge in [-0.2, -0.15) is 0 Å². The van der Waals surface area contributed by atoms with Crippen molar-refractivity contribution in [1.29, 1.82) is 0 Å². The van der Waals surface area contributed by atoms with Crippen molar-refractivity contribution in [3.8, 4) is 0 Å². The van der Waals surface area contributed by atoms with Crippen molar-refractivity contribution in [3.63, 3.8) is 0 Å². The molecule has 0 fully saturated rings. The summed E-state index contributed by atoms with van der Waals surface area (Å²) in [6.45, 7) is 6.08. The Morgan fingerprint density at radius 2 is 1.62 bits per heavy atom. The second kappa shape index (κ2) is 6.55. The second-order valence-corrected chi connectivity index (χ2v) is 5.40. The number of rotatable bonds is 4. The maximum Gasteiger partial charge on any atom is 0.256 e. The molecule has 3 nitrogen and oxygen atoms in total. The third-order valence-electron chi connectivity index (χ3n) is 3.52. The first-order valence-corrected chi connectivity index (χ1v) is 7.10. The summed E-state index contributed by atoms with van der Waals surface area (Å²) in [5.74, 6) is -0.0834. The third kappa shape index (κ3) is 3.70. The highest BCUT2D eigenvalue weighted by Crippen LogP contribution is 2.18. The lowest BCUT2D eigenvalue weighted by Gasteiger charge is -2.12. The number of amides is 1. The summed E-state index contributed by atoms with van der Waals surface area (Å²) in [7, 11) is 0. The number of aryl methyl sites for hydroxylation is 3. The highest BCUT2D eigenvalue weighted by molar-refractivity contribution is 6.06. The Kier molecular flexibility index (Phi) is 4.76. The number of carbonyl (C=O) groups is 1. The van der Waals surface area contributed by atoms with Gasteiger partial charge in [-0.25, -0.2) is 0 Å². The zero-order chi connectivity index (χ0) is 15.4. The van der Waals surface area contributed by atoms with Crippen molar-refractivity contribution in [2.45, 2.75) is 27.2 Å². The molecule has 0 saturated heterocycles. The van der Waals surface area contributed by atoms with Crippen molar-refractivity contribution in [3.05, 3.63) is 64.2 Å². The molecule has 2 aromatic rings. The van der Waals surface area contributed by atoms with E-state index in [4.69, 9.17) is 5.11 Å². The standard InChI is InChI=1S/C18H21NO2/c1-12-10-13(2)17(14(3)11-12)18(21)19-16-6-4-15(5-7-16)8-9-20/h4-7,10-11,20H,8-9H2,1-3H3,(H,19,21). The molecule has 2 N–H and O–H groups in total. The van der Waals surface area contributed by atoms with Crippen LogP contribution in [0.15, 0.2) is 36.4 Å². The quantitative estimate of drug-likeness (QED) is 0.903. The fourth-order valence-electron chi connectivity index (χ4n) is 2.62. The molecule has 3 heteroatoms. The summed E-state index contributed by atoms with van der Waals surface area (Å²) in [6.07, 6.45) is 0.629. The molecule has 0 heterocycles. The number of hydrogen-bond donors (Lipinski definition) is 2. The van der Waals surface area contributed by atoms with Gasteiger partial charge >= 0.3 is 0 Å². The van der Waals surface area contributed by atoms with Crippen molar-refractivity contribution in [2.24, 2.45) is 0 Å². The zero-order valence-corrected chi connectivity index (χ0v) is 12.7. The van der Waals surface area contributed by atoms with Gasteiger partial charge in [0.15, 0.2) is 0 Å². The number of carbonyl (C=O) groups excluding carboxylic acids is 1. The van der Waals surface area contributed by atoms with E-state index in [9.17, 15) is 4.79 Å². The number of nitrogens with one attached hydrogen (secondary N) is 1. The fourth-order valence-corrected chi connectivity index (χ4v) is 2.62. The summed E-state index contributed by atoms with van der Waals surface area (Å²) in [6, 6.07) is 11.6. The predicted octanol–water partition coefficient (Wildman–Crippen LogP) is 3.40. The summed E-state index contributed by atoms with van der Waals surface area (Å²) >= 11 is 0. The van der Waals surface area contributed by atoms with Crippen LogP contribution in [-0.2, 0) is 6.42 Å². The SMILES string of the molecule is Cc1cc(C)c(C(=O)Nc2ccc(CCO)cc2)c(C)c1. The molecule has 2 rings (SSSR count). The normalized spacial score (nSPS) is 10.5. The smallest absolute Gasteiger partial charge is 0.256 e. The lowest BCUT2D eigenvalue weighted by molar-refractivity contribution is 0.102. The number of anilines is 1. The van der Waals surface area contributed by atoms with Gasteiger partial charge in [0.05, 0.1) is 0 Å². The third-order valence-corrected chi connectivity index (χ3v) is 3.52. The minimum Gasteiger partial charge on any atom is -0.396 e. The molecule has 2 aromatic carbocycles. The molecule has 1 amide bonds. The van der Waals surface area contributed by atoms with Gasteiger partial charge in [0.2, 0.25) is 0 Å². The van der Waals surface area contributed by atoms with Gasteiger partial charge in [-0.05, 0) is 56.0 Å². The Balaban J connectivity index is 2.18. The summed E-state index contributed by atoms with van der Waals surface area (Å²) in [4.78, 5) is 12.4. The van der Waals surface area contributed by atoms with Crippen LogP contribution in [0.5, 0.6) is 0 Å². The van der Waals surface area contributed by atoms with Crippen LogP contribution >= 0.6 is 0 Å². The lowest BCUT2D eigenvalue weighted by atomic mass is 9.99. The van der Waals surface area contributed by atoms with Crippen molar-refractivity contribution in [2.75, 3.05) is 11.9 Å². The van der Waals surface area contributed by atoms with Crippen LogP contribution in [0.3, 0.4) is 0 Å². The molecular weight excluding hydrogens is 262 g/mol. The molecule has 21 heavy (non-hydrogen) atoms. The van der Waals surface area contributed by atoms with Gasteiger partial charge in [0.1, 0.15) is 0 Å². The molecule has 0 aliphatic heterocycles. The van der Waals surface area contributed by atoms with Gasteiger partial charge in [-0.1, -0.05) is 29.8 Å². The fraction of sp³-hybridized carbons (Fsp3) is 0.278. The molecular formula is C18H21NO2. The average Bonchev–Trinajstić information content (AvgIpc) is 2.40. The Hall–Kier alpha value is -2.13. The van der Waals surface area contributed by atoms with Gasteiger partial charge in [0.25, 0.3) is 5.91 Å². The van der Waals surface area contributed by atoms with E-state index in [0.717, 1.165) is 33.5 Å². The van der Waals surface area contributed by atoms with E-state index >= 15 is 0 Å². The molecule has 0 atom stereocenters. The van der Waals surface area contributed by atoms with Crippen LogP contribution in [0, 0.1) is 20.8 Å². The van der Waals surface area contributed by atoms with E-state index in [0.29, 0.717) is 6.42 Å². The maximum atomic E-state index is 12.4. The van der Waals surface area contributed by atoms with Crippen LogP contribution < -0.4 is 5.32 Å². The van der Waals surface area contributed by atoms with E-state index in [1.54, 1.807) is 0 Å². The number of aliphatic hydroxyl groups is 1. The average molecular weight is 283 g/mol. The van der Waals surface area contributed by atoms with Crippen LogP contribution in [0.25, 0.3) is 0 Å². The van der Waals surface area contributed by atoms with E-state index in [2.05, 4.69) is 5.32 Å². The molecule has 0 spiro atoms. The first-order valence-electron chi connectivity index (χ1n) is 7.10. The second-order valence-electron chi connectivity index (χ2n) is 5.40. The largest absolute Gasteiger partial charge is 0.396 e. The minimum absolute atomic E-state index is 0.0834. The van der Waals surface area contributed by atoms with E-state index in [1.807, 2.05) is 57.2 Å². The predicted molar refractivity (Wildman–Crippen MR) is 85.8 cm³/mol. The highest BCUT2D eigenvalue weighted by Gasteiger charge is 2.12. The molecule has 110 valence electrons. The lowest BCUT2D eigenvalue weighted by Crippen LogP contribution is -2.15. The van der Waals surface area contributed by atoms with Gasteiger partial charge in [-0.3, -0.25) is 4.79 Å². The maximum absolute atomic E-state index is 12.4. The highest BCUT2D eigenvalue weighted by atomic mass is 16.2. The van der Waals surface area contributed by atoms with Crippen LogP contribution in [0.4, 0.5) is 5.69 Å². The number of hydrogen-bond acceptors (Lipinski definition) is 2. The van der Waals surface area contributed by atoms with Gasteiger partial charge in [0, 0.05) is 17.9 Å². The number of benzene rings is 2. The topological polar surface area (TPSA) is 49.3 Å². The van der Waals surface area contributed by atoms with E-state index in [1.165, 1.54) is 0 Å². The van der Waals surface area contributed by atoms with Crippen LogP contribution in [0.1, 0.15) is 32.6 Å².